The minimum absolute atomic E-state index is 0.0681. The number of hydrogen-bond donors (Lipinski definition) is 0. The van der Waals surface area contributed by atoms with Gasteiger partial charge >= 0.3 is 5.97 Å². The number of benzene rings is 1. The van der Waals surface area contributed by atoms with Gasteiger partial charge < -0.3 is 4.74 Å². The molecule has 0 unspecified atom stereocenters. The number of halogens is 1. The molecule has 0 bridgehead atoms. The quantitative estimate of drug-likeness (QED) is 0.471. The van der Waals surface area contributed by atoms with Crippen molar-refractivity contribution in [3.8, 4) is 0 Å². The second kappa shape index (κ2) is 7.00. The highest BCUT2D eigenvalue weighted by molar-refractivity contribution is 9.10. The Kier molecular flexibility index (Phi) is 5.30. The minimum atomic E-state index is -0.392. The summed E-state index contributed by atoms with van der Waals surface area (Å²) in [4.78, 5) is 24.6. The molecule has 1 aliphatic rings. The molecule has 114 valence electrons. The summed E-state index contributed by atoms with van der Waals surface area (Å²) in [5.41, 5.74) is 0.678. The van der Waals surface area contributed by atoms with Crippen molar-refractivity contribution in [3.63, 3.8) is 0 Å². The standard InChI is InChI=1S/C14H17BrN2O4/c1-21-14(18)12-4-2-3-7-16(12)9-10-5-6-11(15)8-13(10)17(19)20/h5-6,8,12H,2-4,7,9H2,1H3/t12-/m1/s1. The van der Waals surface area contributed by atoms with E-state index in [4.69, 9.17) is 4.74 Å². The zero-order valence-electron chi connectivity index (χ0n) is 11.8. The molecule has 0 aliphatic carbocycles. The third kappa shape index (κ3) is 3.79. The first-order valence-corrected chi connectivity index (χ1v) is 7.57. The molecule has 0 radical (unpaired) electrons. The summed E-state index contributed by atoms with van der Waals surface area (Å²) in [6.45, 7) is 1.12. The zero-order chi connectivity index (χ0) is 15.4. The smallest absolute Gasteiger partial charge is 0.323 e. The lowest BCUT2D eigenvalue weighted by Gasteiger charge is -2.33. The van der Waals surface area contributed by atoms with E-state index in [0.29, 0.717) is 16.6 Å². The van der Waals surface area contributed by atoms with Crippen LogP contribution in [0.1, 0.15) is 24.8 Å². The molecule has 7 heteroatoms. The fraction of sp³-hybridized carbons (Fsp3) is 0.500. The van der Waals surface area contributed by atoms with E-state index in [-0.39, 0.29) is 17.7 Å². The van der Waals surface area contributed by atoms with Gasteiger partial charge in [0.15, 0.2) is 0 Å². The number of esters is 1. The second-order valence-electron chi connectivity index (χ2n) is 5.04. The predicted molar refractivity (Wildman–Crippen MR) is 80.9 cm³/mol. The number of methoxy groups -OCH3 is 1. The van der Waals surface area contributed by atoms with Gasteiger partial charge in [-0.3, -0.25) is 19.8 Å². The van der Waals surface area contributed by atoms with Crippen LogP contribution in [0.25, 0.3) is 0 Å². The number of piperidine rings is 1. The SMILES string of the molecule is COC(=O)[C@H]1CCCCN1Cc1ccc(Br)cc1[N+](=O)[O-]. The van der Waals surface area contributed by atoms with E-state index in [0.717, 1.165) is 25.8 Å². The molecule has 1 fully saturated rings. The molecule has 1 heterocycles. The summed E-state index contributed by atoms with van der Waals surface area (Å²) in [6.07, 6.45) is 2.69. The molecule has 0 aromatic heterocycles. The van der Waals surface area contributed by atoms with Crippen LogP contribution >= 0.6 is 15.9 Å². The van der Waals surface area contributed by atoms with Crippen LogP contribution in [0.3, 0.4) is 0 Å². The summed E-state index contributed by atoms with van der Waals surface area (Å²) in [5, 5.41) is 11.2. The van der Waals surface area contributed by atoms with Crippen LogP contribution in [0.2, 0.25) is 0 Å². The molecule has 0 amide bonds. The summed E-state index contributed by atoms with van der Waals surface area (Å²) in [7, 11) is 1.37. The van der Waals surface area contributed by atoms with Crippen LogP contribution < -0.4 is 0 Å². The van der Waals surface area contributed by atoms with E-state index in [1.165, 1.54) is 13.2 Å². The van der Waals surface area contributed by atoms with Gasteiger partial charge in [-0.1, -0.05) is 22.4 Å². The molecule has 2 rings (SSSR count). The van der Waals surface area contributed by atoms with Gasteiger partial charge in [0.2, 0.25) is 0 Å². The van der Waals surface area contributed by atoms with Crippen molar-refractivity contribution in [2.24, 2.45) is 0 Å². The largest absolute Gasteiger partial charge is 0.468 e. The molecule has 1 aliphatic heterocycles. The number of rotatable bonds is 4. The average molecular weight is 357 g/mol. The molecule has 21 heavy (non-hydrogen) atoms. The molecule has 1 aromatic rings. The first-order chi connectivity index (χ1) is 10.0. The number of ether oxygens (including phenoxy) is 1. The van der Waals surface area contributed by atoms with Gasteiger partial charge in [-0.25, -0.2) is 0 Å². The van der Waals surface area contributed by atoms with E-state index in [2.05, 4.69) is 15.9 Å². The Bertz CT molecular complexity index is 550. The molecular formula is C14H17BrN2O4. The summed E-state index contributed by atoms with van der Waals surface area (Å²) >= 11 is 3.24. The fourth-order valence-corrected chi connectivity index (χ4v) is 2.99. The predicted octanol–water partition coefficient (Wildman–Crippen LogP) is 2.88. The van der Waals surface area contributed by atoms with Crippen LogP contribution in [-0.2, 0) is 16.1 Å². The van der Waals surface area contributed by atoms with E-state index in [1.807, 2.05) is 4.90 Å². The number of likely N-dealkylation sites (tertiary alicyclic amines) is 1. The lowest BCUT2D eigenvalue weighted by Crippen LogP contribution is -2.44. The Hall–Kier alpha value is -1.47. The Morgan fingerprint density at radius 1 is 1.52 bits per heavy atom. The maximum absolute atomic E-state index is 11.8. The van der Waals surface area contributed by atoms with Crippen LogP contribution in [0.5, 0.6) is 0 Å². The number of nitrogens with zero attached hydrogens (tertiary/aromatic N) is 2. The van der Waals surface area contributed by atoms with Gasteiger partial charge in [0.1, 0.15) is 6.04 Å². The van der Waals surface area contributed by atoms with Gasteiger partial charge in [-0.15, -0.1) is 0 Å². The number of nitro benzene ring substituents is 1. The lowest BCUT2D eigenvalue weighted by atomic mass is 10.0. The Labute approximate surface area is 131 Å². The van der Waals surface area contributed by atoms with Crippen molar-refractivity contribution in [3.05, 3.63) is 38.3 Å². The number of carbonyl (C=O) groups is 1. The van der Waals surface area contributed by atoms with E-state index in [1.54, 1.807) is 12.1 Å². The molecule has 1 saturated heterocycles. The van der Waals surface area contributed by atoms with Crippen molar-refractivity contribution in [1.82, 2.24) is 4.90 Å². The molecule has 6 nitrogen and oxygen atoms in total. The molecular weight excluding hydrogens is 340 g/mol. The third-order valence-electron chi connectivity index (χ3n) is 3.70. The van der Waals surface area contributed by atoms with Crippen LogP contribution in [0.15, 0.2) is 22.7 Å². The van der Waals surface area contributed by atoms with Crippen molar-refractivity contribution < 1.29 is 14.5 Å². The molecule has 0 saturated carbocycles. The van der Waals surface area contributed by atoms with Crippen LogP contribution in [0.4, 0.5) is 5.69 Å². The molecule has 0 spiro atoms. The second-order valence-corrected chi connectivity index (χ2v) is 5.95. The van der Waals surface area contributed by atoms with Gasteiger partial charge in [0.05, 0.1) is 12.0 Å². The normalized spacial score (nSPS) is 19.2. The molecule has 1 atom stereocenters. The molecule has 0 N–H and O–H groups in total. The zero-order valence-corrected chi connectivity index (χ0v) is 13.3. The van der Waals surface area contributed by atoms with Gasteiger partial charge in [-0.05, 0) is 31.5 Å². The summed E-state index contributed by atoms with van der Waals surface area (Å²) in [5.74, 6) is -0.269. The Balaban J connectivity index is 2.23. The first-order valence-electron chi connectivity index (χ1n) is 6.77. The van der Waals surface area contributed by atoms with Crippen molar-refractivity contribution >= 4 is 27.6 Å². The number of carbonyl (C=O) groups excluding carboxylic acids is 1. The van der Waals surface area contributed by atoms with Crippen molar-refractivity contribution in [2.75, 3.05) is 13.7 Å². The number of hydrogen-bond acceptors (Lipinski definition) is 5. The highest BCUT2D eigenvalue weighted by Gasteiger charge is 2.30. The van der Waals surface area contributed by atoms with Gasteiger partial charge in [-0.2, -0.15) is 0 Å². The maximum Gasteiger partial charge on any atom is 0.323 e. The minimum Gasteiger partial charge on any atom is -0.468 e. The topological polar surface area (TPSA) is 72.7 Å². The van der Waals surface area contributed by atoms with Gasteiger partial charge in [0, 0.05) is 22.6 Å². The van der Waals surface area contributed by atoms with E-state index in [9.17, 15) is 14.9 Å². The van der Waals surface area contributed by atoms with Crippen LogP contribution in [0, 0.1) is 10.1 Å². The highest BCUT2D eigenvalue weighted by Crippen LogP contribution is 2.27. The van der Waals surface area contributed by atoms with Crippen molar-refractivity contribution in [1.29, 1.82) is 0 Å². The third-order valence-corrected chi connectivity index (χ3v) is 4.20. The lowest BCUT2D eigenvalue weighted by molar-refractivity contribution is -0.385. The van der Waals surface area contributed by atoms with Crippen LogP contribution in [-0.4, -0.2) is 35.5 Å². The Morgan fingerprint density at radius 3 is 2.95 bits per heavy atom. The first kappa shape index (κ1) is 15.9. The maximum atomic E-state index is 11.8. The van der Waals surface area contributed by atoms with Gasteiger partial charge in [0.25, 0.3) is 5.69 Å². The highest BCUT2D eigenvalue weighted by atomic mass is 79.9. The van der Waals surface area contributed by atoms with E-state index < -0.39 is 4.92 Å². The van der Waals surface area contributed by atoms with E-state index >= 15 is 0 Å². The summed E-state index contributed by atoms with van der Waals surface area (Å²) < 4.78 is 5.50. The fourth-order valence-electron chi connectivity index (χ4n) is 2.64. The number of nitro groups is 1. The monoisotopic (exact) mass is 356 g/mol. The summed E-state index contributed by atoms with van der Waals surface area (Å²) in [6, 6.07) is 4.68. The molecule has 1 aromatic carbocycles. The van der Waals surface area contributed by atoms with Crippen molar-refractivity contribution in [2.45, 2.75) is 31.8 Å². The average Bonchev–Trinajstić information content (AvgIpc) is 2.48. The Morgan fingerprint density at radius 2 is 2.29 bits per heavy atom.